The molecular formula is C20H22Cl2N2O. The maximum Gasteiger partial charge on any atom is 0.228 e. The monoisotopic (exact) mass is 376 g/mol. The van der Waals surface area contributed by atoms with Crippen molar-refractivity contribution in [3.8, 4) is 0 Å². The number of rotatable bonds is 4. The number of anilines is 1. The van der Waals surface area contributed by atoms with Crippen molar-refractivity contribution in [3.05, 3.63) is 63.6 Å². The number of halogens is 2. The summed E-state index contributed by atoms with van der Waals surface area (Å²) in [5, 5.41) is 3.90. The first-order valence-electron chi connectivity index (χ1n) is 8.55. The lowest BCUT2D eigenvalue weighted by Crippen LogP contribution is -2.40. The molecule has 1 fully saturated rings. The number of piperidine rings is 1. The van der Waals surface area contributed by atoms with Gasteiger partial charge in [0, 0.05) is 18.8 Å². The van der Waals surface area contributed by atoms with E-state index in [1.54, 1.807) is 18.2 Å². The number of carbonyl (C=O) groups excluding carboxylic acids is 1. The Balaban J connectivity index is 1.60. The summed E-state index contributed by atoms with van der Waals surface area (Å²) in [6.45, 7) is 4.80. The van der Waals surface area contributed by atoms with Gasteiger partial charge in [-0.1, -0.05) is 53.0 Å². The van der Waals surface area contributed by atoms with Crippen molar-refractivity contribution in [2.45, 2.75) is 26.3 Å². The molecular weight excluding hydrogens is 355 g/mol. The van der Waals surface area contributed by atoms with E-state index in [9.17, 15) is 4.79 Å². The van der Waals surface area contributed by atoms with E-state index in [4.69, 9.17) is 23.2 Å². The summed E-state index contributed by atoms with van der Waals surface area (Å²) in [5.41, 5.74) is 3.25. The van der Waals surface area contributed by atoms with E-state index in [0.29, 0.717) is 15.7 Å². The van der Waals surface area contributed by atoms with Crippen LogP contribution in [0.15, 0.2) is 42.5 Å². The Hall–Kier alpha value is -1.55. The molecule has 0 spiro atoms. The van der Waals surface area contributed by atoms with Gasteiger partial charge in [0.05, 0.1) is 16.0 Å². The summed E-state index contributed by atoms with van der Waals surface area (Å²) in [6, 6.07) is 13.7. The van der Waals surface area contributed by atoms with Gasteiger partial charge >= 0.3 is 0 Å². The van der Waals surface area contributed by atoms with Crippen molar-refractivity contribution in [3.63, 3.8) is 0 Å². The van der Waals surface area contributed by atoms with E-state index in [-0.39, 0.29) is 11.8 Å². The van der Waals surface area contributed by atoms with Crippen LogP contribution in [0.2, 0.25) is 10.0 Å². The molecule has 1 aliphatic rings. The summed E-state index contributed by atoms with van der Waals surface area (Å²) in [7, 11) is 0. The molecule has 1 atom stereocenters. The predicted octanol–water partition coefficient (Wildman–Crippen LogP) is 5.15. The number of nitrogens with zero attached hydrogens (tertiary/aromatic N) is 1. The molecule has 2 aromatic rings. The highest BCUT2D eigenvalue weighted by Gasteiger charge is 2.26. The molecule has 25 heavy (non-hydrogen) atoms. The van der Waals surface area contributed by atoms with Crippen LogP contribution in [-0.2, 0) is 11.3 Å². The minimum Gasteiger partial charge on any atom is -0.326 e. The highest BCUT2D eigenvalue weighted by Crippen LogP contribution is 2.26. The molecule has 1 N–H and O–H groups in total. The summed E-state index contributed by atoms with van der Waals surface area (Å²) in [6.07, 6.45) is 1.95. The molecule has 0 bridgehead atoms. The quantitative estimate of drug-likeness (QED) is 0.799. The van der Waals surface area contributed by atoms with Crippen LogP contribution in [0.5, 0.6) is 0 Å². The zero-order chi connectivity index (χ0) is 17.8. The number of hydrogen-bond donors (Lipinski definition) is 1. The lowest BCUT2D eigenvalue weighted by atomic mass is 9.96. The molecule has 132 valence electrons. The van der Waals surface area contributed by atoms with Crippen LogP contribution in [0.25, 0.3) is 0 Å². The summed E-state index contributed by atoms with van der Waals surface area (Å²) < 4.78 is 0. The highest BCUT2D eigenvalue weighted by atomic mass is 35.5. The van der Waals surface area contributed by atoms with Crippen LogP contribution < -0.4 is 5.32 Å². The first-order valence-corrected chi connectivity index (χ1v) is 9.30. The third kappa shape index (κ3) is 4.97. The zero-order valence-electron chi connectivity index (χ0n) is 14.3. The second kappa shape index (κ2) is 8.22. The van der Waals surface area contributed by atoms with Gasteiger partial charge in [0.25, 0.3) is 0 Å². The van der Waals surface area contributed by atoms with Crippen molar-refractivity contribution in [1.82, 2.24) is 4.90 Å². The summed E-state index contributed by atoms with van der Waals surface area (Å²) in [5.74, 6) is 0.0420. The van der Waals surface area contributed by atoms with Crippen LogP contribution in [-0.4, -0.2) is 23.9 Å². The molecule has 1 aliphatic heterocycles. The molecule has 3 rings (SSSR count). The average Bonchev–Trinajstić information content (AvgIpc) is 2.58. The third-order valence-corrected chi connectivity index (χ3v) is 5.29. The molecule has 3 nitrogen and oxygen atoms in total. The Morgan fingerprint density at radius 1 is 1.20 bits per heavy atom. The van der Waals surface area contributed by atoms with Gasteiger partial charge in [-0.15, -0.1) is 0 Å². The van der Waals surface area contributed by atoms with Gasteiger partial charge in [0.2, 0.25) is 5.91 Å². The number of hydrogen-bond acceptors (Lipinski definition) is 2. The smallest absolute Gasteiger partial charge is 0.228 e. The first kappa shape index (κ1) is 18.2. The highest BCUT2D eigenvalue weighted by molar-refractivity contribution is 6.42. The molecule has 1 amide bonds. The van der Waals surface area contributed by atoms with Gasteiger partial charge in [-0.05, 0) is 50.1 Å². The number of amides is 1. The fourth-order valence-corrected chi connectivity index (χ4v) is 3.60. The van der Waals surface area contributed by atoms with Crippen molar-refractivity contribution < 1.29 is 4.79 Å². The van der Waals surface area contributed by atoms with Gasteiger partial charge in [-0.2, -0.15) is 0 Å². The summed E-state index contributed by atoms with van der Waals surface area (Å²) in [4.78, 5) is 15.0. The van der Waals surface area contributed by atoms with E-state index in [1.807, 2.05) is 0 Å². The molecule has 1 heterocycles. The third-order valence-electron chi connectivity index (χ3n) is 4.55. The Labute approximate surface area is 158 Å². The Bertz CT molecular complexity index is 763. The number of aryl methyl sites for hydroxylation is 1. The molecule has 0 aliphatic carbocycles. The minimum absolute atomic E-state index is 0.00647. The predicted molar refractivity (Wildman–Crippen MR) is 104 cm³/mol. The Kier molecular flexibility index (Phi) is 6.00. The Morgan fingerprint density at radius 3 is 2.80 bits per heavy atom. The number of benzene rings is 2. The largest absolute Gasteiger partial charge is 0.326 e. The standard InChI is InChI=1S/C20H22Cl2N2O/c1-14-4-2-5-15(10-14)12-24-9-3-6-16(13-24)20(25)23-17-7-8-18(21)19(22)11-17/h2,4-5,7-8,10-11,16H,3,6,9,12-13H2,1H3,(H,23,25). The molecule has 5 heteroatoms. The number of likely N-dealkylation sites (tertiary alicyclic amines) is 1. The van der Waals surface area contributed by atoms with Crippen LogP contribution >= 0.6 is 23.2 Å². The van der Waals surface area contributed by atoms with Gasteiger partial charge in [-0.25, -0.2) is 0 Å². The molecule has 0 radical (unpaired) electrons. The normalized spacial score (nSPS) is 18.1. The topological polar surface area (TPSA) is 32.3 Å². The first-order chi connectivity index (χ1) is 12.0. The SMILES string of the molecule is Cc1cccc(CN2CCCC(C(=O)Nc3ccc(Cl)c(Cl)c3)C2)c1. The van der Waals surface area contributed by atoms with Crippen LogP contribution in [0.4, 0.5) is 5.69 Å². The molecule has 2 aromatic carbocycles. The fraction of sp³-hybridized carbons (Fsp3) is 0.350. The van der Waals surface area contributed by atoms with Gasteiger partial charge in [0.1, 0.15) is 0 Å². The van der Waals surface area contributed by atoms with E-state index in [1.165, 1.54) is 11.1 Å². The number of carbonyl (C=O) groups is 1. The molecule has 0 saturated carbocycles. The van der Waals surface area contributed by atoms with E-state index in [2.05, 4.69) is 41.4 Å². The lowest BCUT2D eigenvalue weighted by molar-refractivity contribution is -0.121. The summed E-state index contributed by atoms with van der Waals surface area (Å²) >= 11 is 11.9. The zero-order valence-corrected chi connectivity index (χ0v) is 15.8. The van der Waals surface area contributed by atoms with Crippen molar-refractivity contribution >= 4 is 34.8 Å². The maximum atomic E-state index is 12.6. The second-order valence-corrected chi connectivity index (χ2v) is 7.50. The van der Waals surface area contributed by atoms with Crippen LogP contribution in [0.1, 0.15) is 24.0 Å². The van der Waals surface area contributed by atoms with Gasteiger partial charge in [-0.3, -0.25) is 9.69 Å². The minimum atomic E-state index is -0.00647. The van der Waals surface area contributed by atoms with Crippen LogP contribution in [0.3, 0.4) is 0 Å². The van der Waals surface area contributed by atoms with E-state index >= 15 is 0 Å². The number of nitrogens with one attached hydrogen (secondary N) is 1. The van der Waals surface area contributed by atoms with Crippen molar-refractivity contribution in [1.29, 1.82) is 0 Å². The average molecular weight is 377 g/mol. The second-order valence-electron chi connectivity index (χ2n) is 6.68. The van der Waals surface area contributed by atoms with Crippen LogP contribution in [0, 0.1) is 12.8 Å². The van der Waals surface area contributed by atoms with E-state index in [0.717, 1.165) is 32.5 Å². The van der Waals surface area contributed by atoms with E-state index < -0.39 is 0 Å². The van der Waals surface area contributed by atoms with Gasteiger partial charge < -0.3 is 5.32 Å². The Morgan fingerprint density at radius 2 is 2.04 bits per heavy atom. The fourth-order valence-electron chi connectivity index (χ4n) is 3.30. The van der Waals surface area contributed by atoms with Crippen molar-refractivity contribution in [2.75, 3.05) is 18.4 Å². The molecule has 1 saturated heterocycles. The van der Waals surface area contributed by atoms with Gasteiger partial charge in [0.15, 0.2) is 0 Å². The molecule has 0 aromatic heterocycles. The molecule has 1 unspecified atom stereocenters. The maximum absolute atomic E-state index is 12.6. The lowest BCUT2D eigenvalue weighted by Gasteiger charge is -2.32. The van der Waals surface area contributed by atoms with Crippen molar-refractivity contribution in [2.24, 2.45) is 5.92 Å².